The largest absolute Gasteiger partial charge is 0.339 e. The van der Waals surface area contributed by atoms with Gasteiger partial charge in [0.05, 0.1) is 0 Å². The SMILES string of the molecule is CC1CCC2(CC1)NC(=O)N(CC(=O)Nc1ccc(SC(=O)N(C)C)cc1)C2=O. The minimum absolute atomic E-state index is 0.0913. The summed E-state index contributed by atoms with van der Waals surface area (Å²) < 4.78 is 0. The number of nitrogens with zero attached hydrogens (tertiary/aromatic N) is 2. The fourth-order valence-electron chi connectivity index (χ4n) is 3.56. The Morgan fingerprint density at radius 3 is 2.41 bits per heavy atom. The van der Waals surface area contributed by atoms with Gasteiger partial charge in [-0.15, -0.1) is 0 Å². The van der Waals surface area contributed by atoms with Gasteiger partial charge in [-0.1, -0.05) is 6.92 Å². The van der Waals surface area contributed by atoms with Crippen LogP contribution in [0, 0.1) is 5.92 Å². The third-order valence-electron chi connectivity index (χ3n) is 5.38. The number of benzene rings is 1. The van der Waals surface area contributed by atoms with E-state index < -0.39 is 17.5 Å². The van der Waals surface area contributed by atoms with E-state index >= 15 is 0 Å². The first-order valence-electron chi connectivity index (χ1n) is 9.63. The van der Waals surface area contributed by atoms with Gasteiger partial charge in [0.1, 0.15) is 12.1 Å². The maximum absolute atomic E-state index is 12.8. The molecule has 3 rings (SSSR count). The number of nitrogens with one attached hydrogen (secondary N) is 2. The lowest BCUT2D eigenvalue weighted by Crippen LogP contribution is -2.49. The molecule has 1 saturated carbocycles. The lowest BCUT2D eigenvalue weighted by atomic mass is 9.77. The number of carbonyl (C=O) groups is 4. The summed E-state index contributed by atoms with van der Waals surface area (Å²) in [4.78, 5) is 52.5. The smallest absolute Gasteiger partial charge is 0.325 e. The highest BCUT2D eigenvalue weighted by atomic mass is 32.2. The molecule has 8 nitrogen and oxygen atoms in total. The minimum atomic E-state index is -0.846. The molecule has 1 aromatic carbocycles. The third-order valence-corrected chi connectivity index (χ3v) is 6.43. The van der Waals surface area contributed by atoms with Gasteiger partial charge in [-0.25, -0.2) is 4.79 Å². The maximum Gasteiger partial charge on any atom is 0.325 e. The Labute approximate surface area is 174 Å². The Morgan fingerprint density at radius 2 is 1.83 bits per heavy atom. The van der Waals surface area contributed by atoms with Gasteiger partial charge in [-0.2, -0.15) is 0 Å². The van der Waals surface area contributed by atoms with Gasteiger partial charge in [0.25, 0.3) is 11.1 Å². The molecule has 2 aliphatic rings. The third kappa shape index (κ3) is 4.72. The molecule has 0 radical (unpaired) electrons. The van der Waals surface area contributed by atoms with E-state index in [-0.39, 0.29) is 17.7 Å². The average Bonchev–Trinajstić information content (AvgIpc) is 2.90. The van der Waals surface area contributed by atoms with E-state index in [0.717, 1.165) is 34.4 Å². The maximum atomic E-state index is 12.8. The number of hydrogen-bond donors (Lipinski definition) is 2. The van der Waals surface area contributed by atoms with Gasteiger partial charge in [-0.05, 0) is 67.6 Å². The van der Waals surface area contributed by atoms with Crippen molar-refractivity contribution in [1.82, 2.24) is 15.1 Å². The molecule has 2 N–H and O–H groups in total. The second kappa shape index (κ2) is 8.44. The molecule has 1 saturated heterocycles. The number of hydrogen-bond acceptors (Lipinski definition) is 5. The average molecular weight is 419 g/mol. The molecular formula is C20H26N4O4S. The molecule has 5 amide bonds. The fraction of sp³-hybridized carbons (Fsp3) is 0.500. The van der Waals surface area contributed by atoms with Crippen molar-refractivity contribution in [1.29, 1.82) is 0 Å². The van der Waals surface area contributed by atoms with Crippen molar-refractivity contribution in [2.75, 3.05) is 26.0 Å². The van der Waals surface area contributed by atoms with Crippen molar-refractivity contribution in [2.24, 2.45) is 5.92 Å². The quantitative estimate of drug-likeness (QED) is 0.579. The molecule has 0 atom stereocenters. The van der Waals surface area contributed by atoms with Crippen LogP contribution in [0.15, 0.2) is 29.2 Å². The molecular weight excluding hydrogens is 392 g/mol. The Balaban J connectivity index is 1.57. The Bertz CT molecular complexity index is 816. The molecule has 156 valence electrons. The highest BCUT2D eigenvalue weighted by Gasteiger charge is 2.52. The highest BCUT2D eigenvalue weighted by molar-refractivity contribution is 8.13. The number of amides is 5. The molecule has 0 bridgehead atoms. The topological polar surface area (TPSA) is 98.8 Å². The molecule has 1 spiro atoms. The second-order valence-electron chi connectivity index (χ2n) is 7.92. The van der Waals surface area contributed by atoms with Gasteiger partial charge in [0.15, 0.2) is 0 Å². The zero-order chi connectivity index (χ0) is 21.2. The number of anilines is 1. The Kier molecular flexibility index (Phi) is 6.16. The minimum Gasteiger partial charge on any atom is -0.339 e. The Hall–Kier alpha value is -2.55. The van der Waals surface area contributed by atoms with Gasteiger partial charge in [-0.3, -0.25) is 19.3 Å². The van der Waals surface area contributed by atoms with Crippen LogP contribution in [-0.2, 0) is 9.59 Å². The van der Waals surface area contributed by atoms with E-state index in [9.17, 15) is 19.2 Å². The van der Waals surface area contributed by atoms with Crippen LogP contribution in [0.4, 0.5) is 15.3 Å². The normalized spacial score (nSPS) is 23.8. The predicted molar refractivity (Wildman–Crippen MR) is 111 cm³/mol. The molecule has 1 aliphatic heterocycles. The first-order chi connectivity index (χ1) is 13.7. The standard InChI is InChI=1S/C20H26N4O4S/c1-13-8-10-20(11-9-13)17(26)24(18(27)22-20)12-16(25)21-14-4-6-15(7-5-14)29-19(28)23(2)3/h4-7,13H,8-12H2,1-3H3,(H,21,25)(H,22,27). The summed E-state index contributed by atoms with van der Waals surface area (Å²) in [6, 6.07) is 6.31. The molecule has 0 unspecified atom stereocenters. The van der Waals surface area contributed by atoms with Crippen molar-refractivity contribution in [2.45, 2.75) is 43.0 Å². The van der Waals surface area contributed by atoms with Crippen LogP contribution < -0.4 is 10.6 Å². The van der Waals surface area contributed by atoms with Gasteiger partial charge in [0, 0.05) is 24.7 Å². The van der Waals surface area contributed by atoms with Crippen molar-refractivity contribution in [3.05, 3.63) is 24.3 Å². The molecule has 0 aromatic heterocycles. The predicted octanol–water partition coefficient (Wildman–Crippen LogP) is 2.90. The van der Waals surface area contributed by atoms with Gasteiger partial charge in [0.2, 0.25) is 5.91 Å². The number of imide groups is 1. The van der Waals surface area contributed by atoms with Crippen molar-refractivity contribution < 1.29 is 19.2 Å². The van der Waals surface area contributed by atoms with Crippen LogP contribution in [-0.4, -0.2) is 59.1 Å². The monoisotopic (exact) mass is 418 g/mol. The van der Waals surface area contributed by atoms with E-state index in [1.807, 2.05) is 0 Å². The van der Waals surface area contributed by atoms with Crippen LogP contribution in [0.5, 0.6) is 0 Å². The van der Waals surface area contributed by atoms with E-state index in [1.54, 1.807) is 38.4 Å². The highest BCUT2D eigenvalue weighted by Crippen LogP contribution is 2.36. The van der Waals surface area contributed by atoms with Gasteiger partial charge >= 0.3 is 6.03 Å². The zero-order valence-corrected chi connectivity index (χ0v) is 17.7. The molecule has 1 heterocycles. The summed E-state index contributed by atoms with van der Waals surface area (Å²) in [6.45, 7) is 1.82. The van der Waals surface area contributed by atoms with Gasteiger partial charge < -0.3 is 15.5 Å². The summed E-state index contributed by atoms with van der Waals surface area (Å²) in [5.41, 5.74) is -0.313. The number of thioether (sulfide) groups is 1. The van der Waals surface area contributed by atoms with Crippen LogP contribution in [0.25, 0.3) is 0 Å². The number of urea groups is 1. The van der Waals surface area contributed by atoms with Crippen LogP contribution in [0.2, 0.25) is 0 Å². The summed E-state index contributed by atoms with van der Waals surface area (Å²) in [6.07, 6.45) is 2.99. The first-order valence-corrected chi connectivity index (χ1v) is 10.4. The van der Waals surface area contributed by atoms with E-state index in [4.69, 9.17) is 0 Å². The first kappa shape index (κ1) is 21.2. The molecule has 1 aromatic rings. The lowest BCUT2D eigenvalue weighted by Gasteiger charge is -2.33. The summed E-state index contributed by atoms with van der Waals surface area (Å²) in [5, 5.41) is 5.42. The van der Waals surface area contributed by atoms with Crippen molar-refractivity contribution in [3.8, 4) is 0 Å². The van der Waals surface area contributed by atoms with Crippen LogP contribution in [0.1, 0.15) is 32.6 Å². The number of rotatable bonds is 4. The lowest BCUT2D eigenvalue weighted by molar-refractivity contribution is -0.135. The Morgan fingerprint density at radius 1 is 1.21 bits per heavy atom. The molecule has 9 heteroatoms. The zero-order valence-electron chi connectivity index (χ0n) is 16.9. The summed E-state index contributed by atoms with van der Waals surface area (Å²) in [5.74, 6) is -0.213. The van der Waals surface area contributed by atoms with Crippen molar-refractivity contribution >= 4 is 40.5 Å². The molecule has 1 aliphatic carbocycles. The summed E-state index contributed by atoms with van der Waals surface area (Å²) >= 11 is 1.09. The molecule has 2 fully saturated rings. The van der Waals surface area contributed by atoms with Crippen LogP contribution >= 0.6 is 11.8 Å². The fourth-order valence-corrected chi connectivity index (χ4v) is 4.21. The molecule has 29 heavy (non-hydrogen) atoms. The summed E-state index contributed by atoms with van der Waals surface area (Å²) in [7, 11) is 3.36. The van der Waals surface area contributed by atoms with E-state index in [2.05, 4.69) is 17.6 Å². The van der Waals surface area contributed by atoms with E-state index in [0.29, 0.717) is 24.4 Å². The number of carbonyl (C=O) groups excluding carboxylic acids is 4. The van der Waals surface area contributed by atoms with Crippen molar-refractivity contribution in [3.63, 3.8) is 0 Å². The second-order valence-corrected chi connectivity index (χ2v) is 8.95. The van der Waals surface area contributed by atoms with Crippen LogP contribution in [0.3, 0.4) is 0 Å². The van der Waals surface area contributed by atoms with E-state index in [1.165, 1.54) is 4.90 Å².